The minimum Gasteiger partial charge on any atom is -0.463 e. The molecule has 2 aromatic rings. The largest absolute Gasteiger partial charge is 0.463 e. The predicted octanol–water partition coefficient (Wildman–Crippen LogP) is 2.36. The molecule has 1 aromatic carbocycles. The Kier molecular flexibility index (Phi) is 3.36. The average Bonchev–Trinajstić information content (AvgIpc) is 2.84. The number of esters is 1. The maximum atomic E-state index is 11.6. The molecule has 2 heterocycles. The number of methoxy groups -OCH3 is 1. The summed E-state index contributed by atoms with van der Waals surface area (Å²) < 4.78 is 15.7. The van der Waals surface area contributed by atoms with E-state index >= 15 is 0 Å². The molecule has 5 heteroatoms. The van der Waals surface area contributed by atoms with Crippen molar-refractivity contribution in [1.29, 1.82) is 0 Å². The molecule has 0 bridgehead atoms. The number of benzene rings is 1. The highest BCUT2D eigenvalue weighted by Crippen LogP contribution is 2.30. The van der Waals surface area contributed by atoms with Crippen LogP contribution in [-0.2, 0) is 9.47 Å². The summed E-state index contributed by atoms with van der Waals surface area (Å²) in [5.41, 5.74) is 2.66. The minimum absolute atomic E-state index is 0.279. The molecule has 0 aliphatic carbocycles. The van der Waals surface area contributed by atoms with Gasteiger partial charge in [-0.25, -0.2) is 4.79 Å². The van der Waals surface area contributed by atoms with Crippen LogP contribution in [0.2, 0.25) is 0 Å². The molecule has 1 fully saturated rings. The smallest absolute Gasteiger partial charge is 0.374 e. The Hall–Kier alpha value is -2.01. The average molecular weight is 275 g/mol. The van der Waals surface area contributed by atoms with E-state index in [1.54, 1.807) is 0 Å². The number of aryl methyl sites for hydroxylation is 1. The number of carbonyl (C=O) groups excluding carboxylic acids is 1. The zero-order valence-corrected chi connectivity index (χ0v) is 11.6. The van der Waals surface area contributed by atoms with Gasteiger partial charge in [-0.2, -0.15) is 0 Å². The van der Waals surface area contributed by atoms with Gasteiger partial charge in [0.25, 0.3) is 0 Å². The van der Waals surface area contributed by atoms with Gasteiger partial charge in [-0.05, 0) is 25.1 Å². The molecule has 0 radical (unpaired) electrons. The first kappa shape index (κ1) is 13.0. The van der Waals surface area contributed by atoms with E-state index in [-0.39, 0.29) is 5.76 Å². The van der Waals surface area contributed by atoms with Gasteiger partial charge in [-0.1, -0.05) is 0 Å². The standard InChI is InChI=1S/C15H17NO4/c1-10-12-9-11(16-5-7-19-8-6-16)3-4-13(12)20-14(10)15(17)18-2/h3-4,9H,5-8H2,1-2H3. The summed E-state index contributed by atoms with van der Waals surface area (Å²) in [6, 6.07) is 5.98. The fourth-order valence-corrected chi connectivity index (χ4v) is 2.51. The fourth-order valence-electron chi connectivity index (χ4n) is 2.51. The molecule has 1 aliphatic rings. The summed E-state index contributed by atoms with van der Waals surface area (Å²) in [4.78, 5) is 13.9. The highest BCUT2D eigenvalue weighted by atomic mass is 16.5. The number of hydrogen-bond acceptors (Lipinski definition) is 5. The van der Waals surface area contributed by atoms with E-state index in [1.807, 2.05) is 19.1 Å². The number of furan rings is 1. The summed E-state index contributed by atoms with van der Waals surface area (Å²) >= 11 is 0. The van der Waals surface area contributed by atoms with Crippen molar-refractivity contribution in [2.24, 2.45) is 0 Å². The second-order valence-corrected chi connectivity index (χ2v) is 4.83. The molecule has 0 atom stereocenters. The number of morpholine rings is 1. The molecular weight excluding hydrogens is 258 g/mol. The number of carbonyl (C=O) groups is 1. The van der Waals surface area contributed by atoms with Gasteiger partial charge in [0.05, 0.1) is 20.3 Å². The van der Waals surface area contributed by atoms with Gasteiger partial charge in [0.2, 0.25) is 5.76 Å². The molecule has 20 heavy (non-hydrogen) atoms. The molecule has 0 saturated carbocycles. The summed E-state index contributed by atoms with van der Waals surface area (Å²) in [5, 5.41) is 0.953. The summed E-state index contributed by atoms with van der Waals surface area (Å²) in [6.45, 7) is 5.13. The van der Waals surface area contributed by atoms with Crippen molar-refractivity contribution < 1.29 is 18.7 Å². The van der Waals surface area contributed by atoms with Gasteiger partial charge < -0.3 is 18.8 Å². The Bertz CT molecular complexity index is 641. The van der Waals surface area contributed by atoms with E-state index < -0.39 is 5.97 Å². The van der Waals surface area contributed by atoms with Crippen molar-refractivity contribution in [3.8, 4) is 0 Å². The Morgan fingerprint density at radius 1 is 1.30 bits per heavy atom. The van der Waals surface area contributed by atoms with E-state index in [0.29, 0.717) is 5.58 Å². The van der Waals surface area contributed by atoms with Gasteiger partial charge in [-0.3, -0.25) is 0 Å². The Morgan fingerprint density at radius 3 is 2.75 bits per heavy atom. The number of rotatable bonds is 2. The third-order valence-corrected chi connectivity index (χ3v) is 3.67. The van der Waals surface area contributed by atoms with E-state index in [1.165, 1.54) is 7.11 Å². The van der Waals surface area contributed by atoms with Gasteiger partial charge in [-0.15, -0.1) is 0 Å². The van der Waals surface area contributed by atoms with Crippen LogP contribution in [0.3, 0.4) is 0 Å². The van der Waals surface area contributed by atoms with E-state index in [9.17, 15) is 4.79 Å². The lowest BCUT2D eigenvalue weighted by Crippen LogP contribution is -2.36. The fraction of sp³-hybridized carbons (Fsp3) is 0.400. The van der Waals surface area contributed by atoms with Crippen LogP contribution in [-0.4, -0.2) is 39.4 Å². The number of anilines is 1. The van der Waals surface area contributed by atoms with Crippen molar-refractivity contribution in [3.05, 3.63) is 29.5 Å². The third kappa shape index (κ3) is 2.14. The molecular formula is C15H17NO4. The van der Waals surface area contributed by atoms with Crippen LogP contribution < -0.4 is 4.90 Å². The monoisotopic (exact) mass is 275 g/mol. The minimum atomic E-state index is -0.438. The molecule has 3 rings (SSSR count). The number of ether oxygens (including phenoxy) is 2. The van der Waals surface area contributed by atoms with Crippen LogP contribution in [0.15, 0.2) is 22.6 Å². The maximum Gasteiger partial charge on any atom is 0.374 e. The lowest BCUT2D eigenvalue weighted by molar-refractivity contribution is 0.0566. The van der Waals surface area contributed by atoms with Crippen LogP contribution in [0.5, 0.6) is 0 Å². The van der Waals surface area contributed by atoms with Crippen molar-refractivity contribution in [1.82, 2.24) is 0 Å². The quantitative estimate of drug-likeness (QED) is 0.787. The van der Waals surface area contributed by atoms with Crippen molar-refractivity contribution >= 4 is 22.6 Å². The maximum absolute atomic E-state index is 11.6. The molecule has 1 saturated heterocycles. The lowest BCUT2D eigenvalue weighted by Gasteiger charge is -2.28. The van der Waals surface area contributed by atoms with Crippen LogP contribution in [0, 0.1) is 6.92 Å². The topological polar surface area (TPSA) is 51.9 Å². The Labute approximate surface area is 117 Å². The lowest BCUT2D eigenvalue weighted by atomic mass is 10.1. The molecule has 0 N–H and O–H groups in total. The Morgan fingerprint density at radius 2 is 2.05 bits per heavy atom. The van der Waals surface area contributed by atoms with E-state index in [0.717, 1.165) is 42.9 Å². The highest BCUT2D eigenvalue weighted by Gasteiger charge is 2.19. The molecule has 106 valence electrons. The zero-order chi connectivity index (χ0) is 14.1. The zero-order valence-electron chi connectivity index (χ0n) is 11.6. The highest BCUT2D eigenvalue weighted by molar-refractivity contribution is 5.96. The van der Waals surface area contributed by atoms with Crippen LogP contribution in [0.4, 0.5) is 5.69 Å². The normalized spacial score (nSPS) is 15.6. The van der Waals surface area contributed by atoms with E-state index in [4.69, 9.17) is 13.9 Å². The summed E-state index contributed by atoms with van der Waals surface area (Å²) in [6.07, 6.45) is 0. The molecule has 1 aromatic heterocycles. The molecule has 0 amide bonds. The first-order valence-corrected chi connectivity index (χ1v) is 6.65. The van der Waals surface area contributed by atoms with Crippen LogP contribution in [0.1, 0.15) is 16.1 Å². The van der Waals surface area contributed by atoms with Gasteiger partial charge in [0.15, 0.2) is 0 Å². The third-order valence-electron chi connectivity index (χ3n) is 3.67. The molecule has 1 aliphatic heterocycles. The van der Waals surface area contributed by atoms with Gasteiger partial charge >= 0.3 is 5.97 Å². The second-order valence-electron chi connectivity index (χ2n) is 4.83. The summed E-state index contributed by atoms with van der Waals surface area (Å²) in [5.74, 6) is -0.159. The molecule has 0 spiro atoms. The second kappa shape index (κ2) is 5.17. The predicted molar refractivity (Wildman–Crippen MR) is 75.3 cm³/mol. The van der Waals surface area contributed by atoms with Gasteiger partial charge in [0.1, 0.15) is 5.58 Å². The summed E-state index contributed by atoms with van der Waals surface area (Å²) in [7, 11) is 1.36. The number of nitrogens with zero attached hydrogens (tertiary/aromatic N) is 1. The first-order chi connectivity index (χ1) is 9.70. The SMILES string of the molecule is COC(=O)c1oc2ccc(N3CCOCC3)cc2c1C. The van der Waals surface area contributed by atoms with Crippen LogP contribution >= 0.6 is 0 Å². The van der Waals surface area contributed by atoms with E-state index in [2.05, 4.69) is 11.0 Å². The van der Waals surface area contributed by atoms with Crippen molar-refractivity contribution in [2.75, 3.05) is 38.3 Å². The van der Waals surface area contributed by atoms with Crippen molar-refractivity contribution in [2.45, 2.75) is 6.92 Å². The molecule has 5 nitrogen and oxygen atoms in total. The van der Waals surface area contributed by atoms with Crippen molar-refractivity contribution in [3.63, 3.8) is 0 Å². The molecule has 0 unspecified atom stereocenters. The number of hydrogen-bond donors (Lipinski definition) is 0. The van der Waals surface area contributed by atoms with Gasteiger partial charge in [0, 0.05) is 29.7 Å². The Balaban J connectivity index is 2.01. The van der Waals surface area contributed by atoms with Crippen LogP contribution in [0.25, 0.3) is 11.0 Å². The first-order valence-electron chi connectivity index (χ1n) is 6.65. The number of fused-ring (bicyclic) bond motifs is 1.